The summed E-state index contributed by atoms with van der Waals surface area (Å²) in [5.41, 5.74) is 4.42. The number of hydroxylamine groups is 2. The SMILES string of the molecule is C=CC(=O)Nc1cc(Nc2nccc(-c3cn(C)c4ccccc34)n2)c(OC)cc1N(C)CCN(C)CCCON(C)C(=O)N1N=C(c2cc(F)ccc2F)S[C@@]1(CCCNC(=O)OC(C)(C)C)c1ccccc1. The van der Waals surface area contributed by atoms with Gasteiger partial charge in [0.15, 0.2) is 0 Å². The van der Waals surface area contributed by atoms with Crippen LogP contribution in [-0.4, -0.2) is 119 Å². The Bertz CT molecular complexity index is 3010. The molecule has 0 bridgehead atoms. The number of aromatic nitrogens is 3. The molecule has 7 rings (SSSR count). The number of benzene rings is 4. The summed E-state index contributed by atoms with van der Waals surface area (Å²) >= 11 is 1.13. The molecular formula is C54H63F2N11O6S. The van der Waals surface area contributed by atoms with Crippen LogP contribution in [0.1, 0.15) is 51.2 Å². The van der Waals surface area contributed by atoms with Crippen LogP contribution in [0.15, 0.2) is 121 Å². The number of ether oxygens (including phenoxy) is 2. The number of hydrogen-bond donors (Lipinski definition) is 3. The molecule has 0 unspecified atom stereocenters. The normalized spacial score (nSPS) is 14.4. The Labute approximate surface area is 434 Å². The summed E-state index contributed by atoms with van der Waals surface area (Å²) in [6.07, 6.45) is 5.51. The Morgan fingerprint density at radius 1 is 0.905 bits per heavy atom. The first-order chi connectivity index (χ1) is 35.4. The van der Waals surface area contributed by atoms with E-state index in [4.69, 9.17) is 19.3 Å². The van der Waals surface area contributed by atoms with Crippen LogP contribution in [-0.2, 0) is 26.3 Å². The second-order valence-electron chi connectivity index (χ2n) is 18.6. The van der Waals surface area contributed by atoms with E-state index in [9.17, 15) is 18.8 Å². The fraction of sp³-hybridized carbons (Fsp3) is 0.333. The van der Waals surface area contributed by atoms with Crippen LogP contribution in [0.2, 0.25) is 0 Å². The number of anilines is 4. The van der Waals surface area contributed by atoms with Crippen LogP contribution < -0.4 is 25.6 Å². The first kappa shape index (κ1) is 54.2. The molecule has 74 heavy (non-hydrogen) atoms. The van der Waals surface area contributed by atoms with Crippen molar-refractivity contribution in [1.29, 1.82) is 0 Å². The van der Waals surface area contributed by atoms with Crippen molar-refractivity contribution in [3.05, 3.63) is 139 Å². The number of carbonyl (C=O) groups is 3. The van der Waals surface area contributed by atoms with Gasteiger partial charge in [-0.05, 0) is 95.1 Å². The fourth-order valence-corrected chi connectivity index (χ4v) is 9.74. The summed E-state index contributed by atoms with van der Waals surface area (Å²) in [5.74, 6) is -0.904. The average molecular weight is 1030 g/mol. The number of nitrogens with zero attached hydrogens (tertiary/aromatic N) is 8. The number of hydrogen-bond acceptors (Lipinski definition) is 13. The zero-order chi connectivity index (χ0) is 53.2. The van der Waals surface area contributed by atoms with Crippen molar-refractivity contribution < 1.29 is 37.5 Å². The number of fused-ring (bicyclic) bond motifs is 1. The molecule has 0 radical (unpaired) electrons. The maximum Gasteiger partial charge on any atom is 0.407 e. The molecule has 4 amide bonds. The summed E-state index contributed by atoms with van der Waals surface area (Å²) in [6, 6.07) is 25.2. The van der Waals surface area contributed by atoms with Gasteiger partial charge in [0.05, 0.1) is 36.5 Å². The number of amides is 4. The summed E-state index contributed by atoms with van der Waals surface area (Å²) < 4.78 is 43.2. The zero-order valence-electron chi connectivity index (χ0n) is 42.9. The lowest BCUT2D eigenvalue weighted by Crippen LogP contribution is -2.47. The van der Waals surface area contributed by atoms with Gasteiger partial charge in [0.2, 0.25) is 11.9 Å². The van der Waals surface area contributed by atoms with Gasteiger partial charge in [-0.25, -0.2) is 33.4 Å². The van der Waals surface area contributed by atoms with Crippen molar-refractivity contribution in [3.63, 3.8) is 0 Å². The molecule has 3 heterocycles. The highest BCUT2D eigenvalue weighted by molar-refractivity contribution is 8.15. The van der Waals surface area contributed by atoms with Gasteiger partial charge in [0.25, 0.3) is 0 Å². The number of thioether (sulfide) groups is 1. The van der Waals surface area contributed by atoms with Crippen LogP contribution in [0.4, 0.5) is 41.4 Å². The summed E-state index contributed by atoms with van der Waals surface area (Å²) in [4.78, 5) is 57.9. The summed E-state index contributed by atoms with van der Waals surface area (Å²) in [6.45, 7) is 11.1. The molecule has 17 nitrogen and oxygen atoms in total. The van der Waals surface area contributed by atoms with Gasteiger partial charge < -0.3 is 39.8 Å². The largest absolute Gasteiger partial charge is 0.494 e. The van der Waals surface area contributed by atoms with Gasteiger partial charge in [0.1, 0.15) is 32.9 Å². The van der Waals surface area contributed by atoms with E-state index in [0.717, 1.165) is 57.2 Å². The molecule has 0 aliphatic carbocycles. The van der Waals surface area contributed by atoms with Crippen LogP contribution in [0.25, 0.3) is 22.2 Å². The Morgan fingerprint density at radius 2 is 1.66 bits per heavy atom. The predicted octanol–water partition coefficient (Wildman–Crippen LogP) is 10.1. The van der Waals surface area contributed by atoms with E-state index in [-0.39, 0.29) is 36.1 Å². The number of carbonyl (C=O) groups excluding carboxylic acids is 3. The minimum atomic E-state index is -1.24. The lowest BCUT2D eigenvalue weighted by Gasteiger charge is -2.37. The minimum Gasteiger partial charge on any atom is -0.494 e. The van der Waals surface area contributed by atoms with E-state index in [0.29, 0.717) is 66.8 Å². The Kier molecular flexibility index (Phi) is 17.6. The Morgan fingerprint density at radius 3 is 2.41 bits per heavy atom. The van der Waals surface area contributed by atoms with Crippen molar-refractivity contribution in [2.24, 2.45) is 12.1 Å². The monoisotopic (exact) mass is 1030 g/mol. The smallest absolute Gasteiger partial charge is 0.407 e. The van der Waals surface area contributed by atoms with Crippen LogP contribution in [0.5, 0.6) is 5.75 Å². The molecule has 1 atom stereocenters. The first-order valence-corrected chi connectivity index (χ1v) is 24.9. The Hall–Kier alpha value is -7.55. The number of nitrogens with one attached hydrogen (secondary N) is 3. The highest BCUT2D eigenvalue weighted by Crippen LogP contribution is 2.51. The maximum absolute atomic E-state index is 15.3. The van der Waals surface area contributed by atoms with Crippen molar-refractivity contribution in [3.8, 4) is 17.0 Å². The average Bonchev–Trinajstić information content (AvgIpc) is 3.94. The molecule has 0 saturated carbocycles. The molecule has 1 aliphatic heterocycles. The van der Waals surface area contributed by atoms with Gasteiger partial charge in [0, 0.05) is 87.8 Å². The molecule has 0 saturated heterocycles. The molecule has 3 N–H and O–H groups in total. The number of methoxy groups -OCH3 is 1. The van der Waals surface area contributed by atoms with Gasteiger partial charge in [-0.15, -0.1) is 0 Å². The molecule has 6 aromatic rings. The van der Waals surface area contributed by atoms with E-state index >= 15 is 4.39 Å². The topological polar surface area (TPSA) is 171 Å². The van der Waals surface area contributed by atoms with Gasteiger partial charge in [-0.3, -0.25) is 9.63 Å². The molecule has 390 valence electrons. The van der Waals surface area contributed by atoms with Crippen molar-refractivity contribution in [1.82, 2.24) is 34.8 Å². The minimum absolute atomic E-state index is 0.0920. The molecular weight excluding hydrogens is 969 g/mol. The van der Waals surface area contributed by atoms with Crippen molar-refractivity contribution >= 4 is 68.8 Å². The lowest BCUT2D eigenvalue weighted by molar-refractivity contribution is -0.112. The highest BCUT2D eigenvalue weighted by Gasteiger charge is 2.50. The number of hydrazone groups is 1. The quantitative estimate of drug-likeness (QED) is 0.0355. The second-order valence-corrected chi connectivity index (χ2v) is 19.9. The van der Waals surface area contributed by atoms with Gasteiger partial charge >= 0.3 is 12.1 Å². The predicted molar refractivity (Wildman–Crippen MR) is 287 cm³/mol. The van der Waals surface area contributed by atoms with Crippen LogP contribution >= 0.6 is 11.8 Å². The number of rotatable bonds is 21. The third-order valence-electron chi connectivity index (χ3n) is 12.0. The van der Waals surface area contributed by atoms with Crippen LogP contribution in [0, 0.1) is 11.6 Å². The van der Waals surface area contributed by atoms with Gasteiger partial charge in [-0.1, -0.05) is 66.9 Å². The number of halogens is 2. The third kappa shape index (κ3) is 13.2. The zero-order valence-corrected chi connectivity index (χ0v) is 43.8. The summed E-state index contributed by atoms with van der Waals surface area (Å²) in [7, 11) is 8.93. The molecule has 20 heteroatoms. The van der Waals surface area contributed by atoms with Crippen molar-refractivity contribution in [2.45, 2.75) is 50.5 Å². The number of likely N-dealkylation sites (N-methyl/N-ethyl adjacent to an activating group) is 2. The molecule has 4 aromatic carbocycles. The van der Waals surface area contributed by atoms with Crippen LogP contribution in [0.3, 0.4) is 0 Å². The second kappa shape index (κ2) is 24.0. The van der Waals surface area contributed by atoms with E-state index in [1.54, 1.807) is 40.1 Å². The fourth-order valence-electron chi connectivity index (χ4n) is 8.32. The number of urea groups is 1. The van der Waals surface area contributed by atoms with E-state index in [1.807, 2.05) is 86.8 Å². The lowest BCUT2D eigenvalue weighted by atomic mass is 10.0. The number of alkyl carbamates (subject to hydrolysis) is 1. The molecule has 2 aromatic heterocycles. The molecule has 1 aliphatic rings. The molecule has 0 fully saturated rings. The first-order valence-electron chi connectivity index (χ1n) is 24.1. The Balaban J connectivity index is 0.995. The summed E-state index contributed by atoms with van der Waals surface area (Å²) in [5, 5.41) is 17.2. The highest BCUT2D eigenvalue weighted by atomic mass is 32.2. The number of aryl methyl sites for hydroxylation is 1. The number of para-hydroxylation sites is 1. The maximum atomic E-state index is 15.3. The molecule has 0 spiro atoms. The van der Waals surface area contributed by atoms with E-state index < -0.39 is 34.2 Å². The standard InChI is InChI=1S/C54H63F2N11O6S/c1-10-48(68)59-43-33-44(61-50-57-27-24-42(60-50)40-35-65(7)45-21-15-14-20-38(40)45)47(71-9)34-46(43)64(6)30-29-63(5)28-17-31-72-66(8)52(70)67-54(36-18-12-11-13-19-36,25-16-26-58-51(69)73-53(2,3)4)74-49(62-67)39-32-37(55)22-23-41(39)56/h10-15,18-24,27,32-35H,1,16-17,25-26,28-31H2,2-9H3,(H,58,69)(H,59,68)(H,57,60,61)/t54-/m0/s1. The van der Waals surface area contributed by atoms with E-state index in [1.165, 1.54) is 18.1 Å². The third-order valence-corrected chi connectivity index (χ3v) is 13.5. The van der Waals surface area contributed by atoms with Crippen molar-refractivity contribution in [2.75, 3.05) is 76.6 Å². The van der Waals surface area contributed by atoms with Gasteiger partial charge in [-0.2, -0.15) is 10.1 Å². The van der Waals surface area contributed by atoms with E-state index in [2.05, 4.69) is 54.2 Å².